The van der Waals surface area contributed by atoms with Gasteiger partial charge in [-0.15, -0.1) is 0 Å². The van der Waals surface area contributed by atoms with Crippen LogP contribution in [0.25, 0.3) is 11.4 Å². The zero-order chi connectivity index (χ0) is 30.4. The molecule has 4 rings (SSSR count). The van der Waals surface area contributed by atoms with Crippen LogP contribution in [0, 0.1) is 6.92 Å². The standard InChI is InChI=1S/C29H30F3N5O5/c1-18-17-36(13-14-37(18)28(40)34-22-12-8-7-11-21(22)29(30,31)32)26(38)24-23(27(39)42-16-15-41-3)19(2)33-25(35-24)20-9-5-4-6-10-20/h4-12,18H,13-17H2,1-3H3,(H,34,40). The molecule has 2 heterocycles. The SMILES string of the molecule is COCCOC(=O)c1c(C)nc(-c2ccccc2)nc1C(=O)N1CCN(C(=O)Nc2ccccc2C(F)(F)F)C(C)C1. The maximum Gasteiger partial charge on any atom is 0.418 e. The van der Waals surface area contributed by atoms with Crippen LogP contribution in [0.2, 0.25) is 0 Å². The Morgan fingerprint density at radius 2 is 1.69 bits per heavy atom. The first-order chi connectivity index (χ1) is 20.0. The Morgan fingerprint density at radius 3 is 2.36 bits per heavy atom. The summed E-state index contributed by atoms with van der Waals surface area (Å²) in [5, 5.41) is 2.35. The van der Waals surface area contributed by atoms with Gasteiger partial charge in [0.25, 0.3) is 5.91 Å². The summed E-state index contributed by atoms with van der Waals surface area (Å²) in [4.78, 5) is 51.5. The van der Waals surface area contributed by atoms with Crippen LogP contribution in [0.15, 0.2) is 54.6 Å². The van der Waals surface area contributed by atoms with Gasteiger partial charge in [0.2, 0.25) is 0 Å². The number of alkyl halides is 3. The van der Waals surface area contributed by atoms with Gasteiger partial charge < -0.3 is 24.6 Å². The molecule has 3 aromatic rings. The van der Waals surface area contributed by atoms with Gasteiger partial charge in [-0.1, -0.05) is 42.5 Å². The zero-order valence-electron chi connectivity index (χ0n) is 23.3. The minimum absolute atomic E-state index is 0.0366. The number of para-hydroxylation sites is 1. The van der Waals surface area contributed by atoms with Gasteiger partial charge in [-0.05, 0) is 26.0 Å². The molecule has 1 aliphatic rings. The lowest BCUT2D eigenvalue weighted by Crippen LogP contribution is -2.56. The number of ether oxygens (including phenoxy) is 2. The number of nitrogens with zero attached hydrogens (tertiary/aromatic N) is 4. The zero-order valence-corrected chi connectivity index (χ0v) is 23.3. The molecule has 1 fully saturated rings. The molecule has 1 atom stereocenters. The Kier molecular flexibility index (Phi) is 9.41. The Balaban J connectivity index is 1.57. The van der Waals surface area contributed by atoms with E-state index in [4.69, 9.17) is 9.47 Å². The number of amides is 3. The Bertz CT molecular complexity index is 1450. The van der Waals surface area contributed by atoms with Crippen molar-refractivity contribution in [2.24, 2.45) is 0 Å². The van der Waals surface area contributed by atoms with Crippen LogP contribution < -0.4 is 5.32 Å². The number of carbonyl (C=O) groups excluding carboxylic acids is 3. The van der Waals surface area contributed by atoms with Crippen LogP contribution in [-0.2, 0) is 15.7 Å². The Morgan fingerprint density at radius 1 is 1.00 bits per heavy atom. The van der Waals surface area contributed by atoms with Crippen molar-refractivity contribution in [1.29, 1.82) is 0 Å². The molecular weight excluding hydrogens is 555 g/mol. The molecule has 1 aromatic heterocycles. The molecule has 2 aromatic carbocycles. The lowest BCUT2D eigenvalue weighted by atomic mass is 10.1. The number of nitrogens with one attached hydrogen (secondary N) is 1. The third-order valence-corrected chi connectivity index (χ3v) is 6.70. The van der Waals surface area contributed by atoms with Gasteiger partial charge in [0.15, 0.2) is 5.82 Å². The number of aryl methyl sites for hydroxylation is 1. The Labute approximate surface area is 240 Å². The third kappa shape index (κ3) is 6.85. The van der Waals surface area contributed by atoms with E-state index in [0.29, 0.717) is 5.56 Å². The fourth-order valence-electron chi connectivity index (χ4n) is 4.60. The van der Waals surface area contributed by atoms with Gasteiger partial charge in [-0.2, -0.15) is 13.2 Å². The van der Waals surface area contributed by atoms with Gasteiger partial charge in [-0.25, -0.2) is 19.6 Å². The van der Waals surface area contributed by atoms with Gasteiger partial charge in [0.1, 0.15) is 17.9 Å². The van der Waals surface area contributed by atoms with Gasteiger partial charge in [0.05, 0.1) is 23.6 Å². The van der Waals surface area contributed by atoms with E-state index in [9.17, 15) is 27.6 Å². The van der Waals surface area contributed by atoms with Crippen molar-refractivity contribution in [3.8, 4) is 11.4 Å². The molecule has 1 saturated heterocycles. The molecule has 222 valence electrons. The van der Waals surface area contributed by atoms with Gasteiger partial charge in [-0.3, -0.25) is 4.79 Å². The molecule has 1 aliphatic heterocycles. The van der Waals surface area contributed by atoms with E-state index < -0.39 is 35.7 Å². The molecule has 0 bridgehead atoms. The summed E-state index contributed by atoms with van der Waals surface area (Å²) in [6.45, 7) is 3.53. The van der Waals surface area contributed by atoms with Crippen molar-refractivity contribution >= 4 is 23.6 Å². The number of carbonyl (C=O) groups is 3. The number of hydrogen-bond donors (Lipinski definition) is 1. The summed E-state index contributed by atoms with van der Waals surface area (Å²) in [6, 6.07) is 12.4. The second-order valence-electron chi connectivity index (χ2n) is 9.62. The Hall–Kier alpha value is -4.52. The van der Waals surface area contributed by atoms with Crippen molar-refractivity contribution in [2.45, 2.75) is 26.1 Å². The number of methoxy groups -OCH3 is 1. The van der Waals surface area contributed by atoms with E-state index in [2.05, 4.69) is 15.3 Å². The number of rotatable bonds is 7. The monoisotopic (exact) mass is 585 g/mol. The first-order valence-corrected chi connectivity index (χ1v) is 13.1. The van der Waals surface area contributed by atoms with Crippen molar-refractivity contribution in [3.05, 3.63) is 77.1 Å². The molecule has 0 spiro atoms. The van der Waals surface area contributed by atoms with E-state index in [1.54, 1.807) is 38.1 Å². The van der Waals surface area contributed by atoms with Crippen molar-refractivity contribution in [3.63, 3.8) is 0 Å². The highest BCUT2D eigenvalue weighted by Gasteiger charge is 2.36. The average molecular weight is 586 g/mol. The van der Waals surface area contributed by atoms with Crippen molar-refractivity contribution < 1.29 is 37.0 Å². The van der Waals surface area contributed by atoms with Crippen molar-refractivity contribution in [1.82, 2.24) is 19.8 Å². The highest BCUT2D eigenvalue weighted by Crippen LogP contribution is 2.35. The first kappa shape index (κ1) is 30.4. The van der Waals surface area contributed by atoms with E-state index in [1.807, 2.05) is 6.07 Å². The molecule has 0 radical (unpaired) electrons. The highest BCUT2D eigenvalue weighted by atomic mass is 19.4. The van der Waals surface area contributed by atoms with Crippen molar-refractivity contribution in [2.75, 3.05) is 45.3 Å². The second-order valence-corrected chi connectivity index (χ2v) is 9.62. The number of benzene rings is 2. The summed E-state index contributed by atoms with van der Waals surface area (Å²) in [5.74, 6) is -1.09. The normalized spacial score (nSPS) is 15.3. The maximum atomic E-state index is 13.8. The predicted molar refractivity (Wildman–Crippen MR) is 147 cm³/mol. The maximum absolute atomic E-state index is 13.8. The molecular formula is C29H30F3N5O5. The van der Waals surface area contributed by atoms with Crippen LogP contribution in [0.3, 0.4) is 0 Å². The van der Waals surface area contributed by atoms with E-state index in [0.717, 1.165) is 6.07 Å². The summed E-state index contributed by atoms with van der Waals surface area (Å²) in [6.07, 6.45) is -4.64. The quantitative estimate of drug-likeness (QED) is 0.317. The van der Waals surface area contributed by atoms with Crippen LogP contribution in [0.1, 0.15) is 39.0 Å². The average Bonchev–Trinajstić information content (AvgIpc) is 2.96. The smallest absolute Gasteiger partial charge is 0.418 e. The van der Waals surface area contributed by atoms with E-state index >= 15 is 0 Å². The number of esters is 1. The van der Waals surface area contributed by atoms with Crippen LogP contribution in [0.4, 0.5) is 23.7 Å². The van der Waals surface area contributed by atoms with E-state index in [1.165, 1.54) is 35.1 Å². The van der Waals surface area contributed by atoms with Crippen LogP contribution in [-0.4, -0.2) is 83.7 Å². The number of piperazine rings is 1. The minimum Gasteiger partial charge on any atom is -0.460 e. The molecule has 10 nitrogen and oxygen atoms in total. The lowest BCUT2D eigenvalue weighted by molar-refractivity contribution is -0.136. The number of aromatic nitrogens is 2. The molecule has 0 aliphatic carbocycles. The lowest BCUT2D eigenvalue weighted by Gasteiger charge is -2.39. The highest BCUT2D eigenvalue weighted by molar-refractivity contribution is 6.05. The minimum atomic E-state index is -4.64. The second kappa shape index (κ2) is 13.0. The molecule has 1 unspecified atom stereocenters. The number of urea groups is 1. The third-order valence-electron chi connectivity index (χ3n) is 6.70. The molecule has 13 heteroatoms. The molecule has 3 amide bonds. The van der Waals surface area contributed by atoms with Gasteiger partial charge >= 0.3 is 18.2 Å². The summed E-state index contributed by atoms with van der Waals surface area (Å²) in [7, 11) is 1.46. The number of anilines is 1. The number of halogens is 3. The van der Waals surface area contributed by atoms with Crippen LogP contribution in [0.5, 0.6) is 0 Å². The summed E-state index contributed by atoms with van der Waals surface area (Å²) in [5.41, 5.74) is -0.646. The topological polar surface area (TPSA) is 114 Å². The molecule has 42 heavy (non-hydrogen) atoms. The van der Waals surface area contributed by atoms with Gasteiger partial charge in [0, 0.05) is 38.3 Å². The molecule has 1 N–H and O–H groups in total. The summed E-state index contributed by atoms with van der Waals surface area (Å²) < 4.78 is 50.4. The first-order valence-electron chi connectivity index (χ1n) is 13.1. The largest absolute Gasteiger partial charge is 0.460 e. The fourth-order valence-corrected chi connectivity index (χ4v) is 4.60. The fraction of sp³-hybridized carbons (Fsp3) is 0.345. The van der Waals surface area contributed by atoms with E-state index in [-0.39, 0.29) is 61.3 Å². The molecule has 0 saturated carbocycles. The predicted octanol–water partition coefficient (Wildman–Crippen LogP) is 4.65. The number of hydrogen-bond acceptors (Lipinski definition) is 7. The summed E-state index contributed by atoms with van der Waals surface area (Å²) >= 11 is 0. The van der Waals surface area contributed by atoms with Crippen LogP contribution >= 0.6 is 0 Å².